The normalized spacial score (nSPS) is 12.0. The minimum atomic E-state index is -0.529. The third-order valence-corrected chi connectivity index (χ3v) is 22.8. The van der Waals surface area contributed by atoms with Crippen LogP contribution < -0.4 is 10.6 Å². The van der Waals surface area contributed by atoms with E-state index in [1.165, 1.54) is 230 Å². The van der Waals surface area contributed by atoms with Crippen LogP contribution in [0.3, 0.4) is 0 Å². The van der Waals surface area contributed by atoms with E-state index >= 15 is 0 Å². The lowest BCUT2D eigenvalue weighted by Crippen LogP contribution is -2.36. The van der Waals surface area contributed by atoms with Crippen molar-refractivity contribution in [1.29, 1.82) is 0 Å². The summed E-state index contributed by atoms with van der Waals surface area (Å²) in [7, 11) is 0. The van der Waals surface area contributed by atoms with Gasteiger partial charge in [-0.05, 0) is 169 Å². The average Bonchev–Trinajstić information content (AvgIpc) is 0.878. The van der Waals surface area contributed by atoms with Crippen molar-refractivity contribution >= 4 is 35.7 Å². The van der Waals surface area contributed by atoms with Crippen LogP contribution in [-0.2, 0) is 47.7 Å². The van der Waals surface area contributed by atoms with Crippen molar-refractivity contribution in [3.05, 3.63) is 12.2 Å². The molecular weight excluding hydrogens is 1370 g/mol. The van der Waals surface area contributed by atoms with Gasteiger partial charge in [0.25, 0.3) is 0 Å². The molecule has 14 nitrogen and oxygen atoms in total. The van der Waals surface area contributed by atoms with E-state index in [0.29, 0.717) is 52.2 Å². The first kappa shape index (κ1) is 106. The number of amides is 2. The maximum Gasteiger partial charge on any atom is 0.311 e. The van der Waals surface area contributed by atoms with E-state index in [1.54, 1.807) is 0 Å². The van der Waals surface area contributed by atoms with Crippen molar-refractivity contribution in [2.75, 3.05) is 65.6 Å². The van der Waals surface area contributed by atoms with Crippen molar-refractivity contribution < 1.29 is 47.7 Å². The van der Waals surface area contributed by atoms with Crippen LogP contribution in [0, 0.1) is 10.8 Å². The molecule has 0 saturated carbocycles. The van der Waals surface area contributed by atoms with Gasteiger partial charge in [0.15, 0.2) is 0 Å². The number of hydrogen-bond acceptors (Lipinski definition) is 12. The van der Waals surface area contributed by atoms with Crippen molar-refractivity contribution in [2.45, 2.75) is 492 Å². The van der Waals surface area contributed by atoms with Crippen LogP contribution in [0.2, 0.25) is 0 Å². The fourth-order valence-electron chi connectivity index (χ4n) is 15.0. The molecule has 0 aliphatic rings. The van der Waals surface area contributed by atoms with Gasteiger partial charge in [0.1, 0.15) is 12.2 Å². The zero-order valence-electron chi connectivity index (χ0n) is 74.6. The van der Waals surface area contributed by atoms with E-state index < -0.39 is 10.8 Å². The fourth-order valence-corrected chi connectivity index (χ4v) is 15.0. The molecule has 0 unspecified atom stereocenters. The molecule has 0 rings (SSSR count). The van der Waals surface area contributed by atoms with Gasteiger partial charge in [0.05, 0.1) is 24.0 Å². The second kappa shape index (κ2) is 79.3. The minimum absolute atomic E-state index is 0.0141. The Morgan fingerprint density at radius 3 is 0.782 bits per heavy atom. The lowest BCUT2D eigenvalue weighted by molar-refractivity contribution is -0.161. The highest BCUT2D eigenvalue weighted by atomic mass is 16.6. The summed E-state index contributed by atoms with van der Waals surface area (Å²) in [5.74, 6) is -0.888. The summed E-state index contributed by atoms with van der Waals surface area (Å²) in [5.41, 5.74) is -1.06. The number of carbonyl (C=O) groups excluding carboxylic acids is 6. The zero-order chi connectivity index (χ0) is 80.8. The summed E-state index contributed by atoms with van der Waals surface area (Å²) in [6.07, 6.45) is 74.4. The van der Waals surface area contributed by atoms with Crippen LogP contribution in [0.1, 0.15) is 480 Å². The summed E-state index contributed by atoms with van der Waals surface area (Å²) < 4.78 is 23.9. The first-order valence-electron chi connectivity index (χ1n) is 47.9. The number of rotatable bonds is 86. The summed E-state index contributed by atoms with van der Waals surface area (Å²) in [4.78, 5) is 84.1. The highest BCUT2D eigenvalue weighted by Gasteiger charge is 2.32. The van der Waals surface area contributed by atoms with Gasteiger partial charge in [0.2, 0.25) is 11.8 Å². The van der Waals surface area contributed by atoms with Crippen LogP contribution in [0.15, 0.2) is 12.2 Å². The van der Waals surface area contributed by atoms with Gasteiger partial charge >= 0.3 is 23.9 Å². The molecule has 2 N–H and O–H groups in total. The van der Waals surface area contributed by atoms with Gasteiger partial charge in [-0.2, -0.15) is 0 Å². The topological polar surface area (TPSA) is 170 Å². The minimum Gasteiger partial charge on any atom is -0.466 e. The van der Waals surface area contributed by atoms with Crippen LogP contribution in [0.4, 0.5) is 0 Å². The Kier molecular flexibility index (Phi) is 76.8. The third kappa shape index (κ3) is 71.1. The van der Waals surface area contributed by atoms with Gasteiger partial charge in [-0.3, -0.25) is 28.8 Å². The van der Waals surface area contributed by atoms with Gasteiger partial charge in [-0.1, -0.05) is 324 Å². The second-order valence-corrected chi connectivity index (χ2v) is 34.7. The van der Waals surface area contributed by atoms with Crippen LogP contribution in [0.25, 0.3) is 0 Å². The van der Waals surface area contributed by atoms with Crippen LogP contribution in [-0.4, -0.2) is 123 Å². The summed E-state index contributed by atoms with van der Waals surface area (Å²) in [5, 5.41) is 6.07. The molecule has 0 spiro atoms. The quantitative estimate of drug-likeness (QED) is 0.0256. The van der Waals surface area contributed by atoms with Gasteiger partial charge in [-0.15, -0.1) is 0 Å². The van der Waals surface area contributed by atoms with E-state index in [4.69, 9.17) is 18.9 Å². The van der Waals surface area contributed by atoms with E-state index in [1.807, 2.05) is 0 Å². The average molecular weight is 1550 g/mol. The van der Waals surface area contributed by atoms with Gasteiger partial charge < -0.3 is 39.4 Å². The van der Waals surface area contributed by atoms with E-state index in [2.05, 4.69) is 89.7 Å². The van der Waals surface area contributed by atoms with Gasteiger partial charge in [0, 0.05) is 51.2 Å². The molecule has 2 amide bonds. The lowest BCUT2D eigenvalue weighted by atomic mass is 9.86. The highest BCUT2D eigenvalue weighted by molar-refractivity contribution is 5.96. The lowest BCUT2D eigenvalue weighted by Gasteiger charge is -2.27. The maximum atomic E-state index is 13.8. The predicted molar refractivity (Wildman–Crippen MR) is 467 cm³/mol. The largest absolute Gasteiger partial charge is 0.466 e. The number of esters is 4. The molecule has 14 heteroatoms. The van der Waals surface area contributed by atoms with E-state index in [-0.39, 0.29) is 47.9 Å². The number of nitrogens with zero attached hydrogens (tertiary/aromatic N) is 2. The monoisotopic (exact) mass is 1550 g/mol. The number of ether oxygens (including phenoxy) is 4. The summed E-state index contributed by atoms with van der Waals surface area (Å²) in [6.45, 7) is 28.6. The molecule has 648 valence electrons. The Morgan fingerprint density at radius 2 is 0.509 bits per heavy atom. The Labute approximate surface area is 681 Å². The second-order valence-electron chi connectivity index (χ2n) is 34.7. The first-order chi connectivity index (χ1) is 53.5. The molecule has 0 radical (unpaired) electrons. The Hall–Kier alpha value is -3.52. The molecule has 0 heterocycles. The Morgan fingerprint density at radius 1 is 0.282 bits per heavy atom. The predicted octanol–water partition coefficient (Wildman–Crippen LogP) is 26.4. The van der Waals surface area contributed by atoms with Gasteiger partial charge in [-0.25, -0.2) is 0 Å². The molecule has 0 atom stereocenters. The van der Waals surface area contributed by atoms with Crippen LogP contribution in [0.5, 0.6) is 0 Å². The fraction of sp³-hybridized carbons (Fsp3) is 0.917. The Bertz CT molecular complexity index is 1940. The molecule has 0 fully saturated rings. The number of unbranched alkanes of at least 4 members (excludes halogenated alkanes) is 46. The maximum absolute atomic E-state index is 13.8. The van der Waals surface area contributed by atoms with Crippen molar-refractivity contribution in [3.8, 4) is 0 Å². The standard InChI is InChI=1S/C96H184N4O10/c1-11-17-23-29-35-37-39-49-65-85-107-91(103)71-57-51-63-81-99(79-61-47-45-59-75-95(7,8)93(105)109-87(67-53-41-31-25-19-13-3)68-54-42-32-26-20-14-4)83-77-97-89(101)73-74-90(102)98-78-84-100(82-64-52-58-72-92(104)108-86-66-50-40-38-36-30-24-18-12-2)80-62-48-46-60-76-96(9,10)94(106)110-88(69-55-43-33-27-21-15-5)70-56-44-34-28-22-16-6/h73-74,87-88H,11-72,75-86H2,1-10H3,(H,97,101)(H,98,102)/b74-73+. The SMILES string of the molecule is CCCCCCCCCCCOC(=O)CCCCCN(CCCCCCC(C)(C)C(=O)OC(CCCCCCCC)CCCCCCCC)CCNC(=O)/C=C/C(=O)NCCN(CCCCCCC(C)(C)C(=O)OC(CCCCCCCC)CCCCCCCC)CCCCCC(=O)OCCCCCCCCCCC. The Balaban J connectivity index is 5.68. The number of hydrogen-bond donors (Lipinski definition) is 2. The van der Waals surface area contributed by atoms with Crippen molar-refractivity contribution in [2.24, 2.45) is 10.8 Å². The molecule has 0 aliphatic carbocycles. The molecule has 110 heavy (non-hydrogen) atoms. The van der Waals surface area contributed by atoms with E-state index in [0.717, 1.165) is 206 Å². The van der Waals surface area contributed by atoms with Crippen LogP contribution >= 0.6 is 0 Å². The summed E-state index contributed by atoms with van der Waals surface area (Å²) >= 11 is 0. The molecular formula is C96H184N4O10. The molecule has 0 bridgehead atoms. The number of carbonyl (C=O) groups is 6. The summed E-state index contributed by atoms with van der Waals surface area (Å²) in [6, 6.07) is 0. The highest BCUT2D eigenvalue weighted by Crippen LogP contribution is 2.31. The molecule has 0 aromatic heterocycles. The van der Waals surface area contributed by atoms with E-state index in [9.17, 15) is 28.8 Å². The number of nitrogens with one attached hydrogen (secondary N) is 2. The molecule has 0 aromatic carbocycles. The molecule has 0 saturated heterocycles. The first-order valence-corrected chi connectivity index (χ1v) is 47.9. The molecule has 0 aliphatic heterocycles. The smallest absolute Gasteiger partial charge is 0.311 e. The van der Waals surface area contributed by atoms with Crippen molar-refractivity contribution in [3.63, 3.8) is 0 Å². The molecule has 0 aromatic rings. The third-order valence-electron chi connectivity index (χ3n) is 22.8. The van der Waals surface area contributed by atoms with Crippen molar-refractivity contribution in [1.82, 2.24) is 20.4 Å². The zero-order valence-corrected chi connectivity index (χ0v) is 74.6.